The standard InChI is InChI=1S/C15H29NO4/c1-4-6-7-8-9-10-12-20-14(17)13(11-5-2)16-15(18)19-3/h13H,4-12H2,1-3H3,(H,16,18). The van der Waals surface area contributed by atoms with Crippen LogP contribution in [0.25, 0.3) is 0 Å². The molecule has 20 heavy (non-hydrogen) atoms. The highest BCUT2D eigenvalue weighted by Gasteiger charge is 2.21. The highest BCUT2D eigenvalue weighted by atomic mass is 16.5. The van der Waals surface area contributed by atoms with Crippen LogP contribution < -0.4 is 5.32 Å². The fourth-order valence-corrected chi connectivity index (χ4v) is 1.89. The van der Waals surface area contributed by atoms with Crippen molar-refractivity contribution in [2.24, 2.45) is 0 Å². The highest BCUT2D eigenvalue weighted by Crippen LogP contribution is 2.06. The number of alkyl carbamates (subject to hydrolysis) is 1. The quantitative estimate of drug-likeness (QED) is 0.467. The highest BCUT2D eigenvalue weighted by molar-refractivity contribution is 5.81. The normalized spacial score (nSPS) is 11.8. The molecule has 0 radical (unpaired) electrons. The van der Waals surface area contributed by atoms with E-state index in [1.165, 1.54) is 32.8 Å². The van der Waals surface area contributed by atoms with Gasteiger partial charge >= 0.3 is 12.1 Å². The maximum atomic E-state index is 11.8. The summed E-state index contributed by atoms with van der Waals surface area (Å²) in [5, 5.41) is 2.50. The second-order valence-electron chi connectivity index (χ2n) is 4.91. The summed E-state index contributed by atoms with van der Waals surface area (Å²) in [5.41, 5.74) is 0. The SMILES string of the molecule is CCCCCCCCOC(=O)C(CCC)NC(=O)OC. The Morgan fingerprint density at radius 2 is 1.65 bits per heavy atom. The van der Waals surface area contributed by atoms with Crippen molar-refractivity contribution in [2.75, 3.05) is 13.7 Å². The van der Waals surface area contributed by atoms with Gasteiger partial charge in [0.15, 0.2) is 0 Å². The van der Waals surface area contributed by atoms with Gasteiger partial charge in [0, 0.05) is 0 Å². The number of methoxy groups -OCH3 is 1. The predicted octanol–water partition coefficient (Wildman–Crippen LogP) is 3.41. The molecule has 0 aliphatic heterocycles. The number of esters is 1. The van der Waals surface area contributed by atoms with E-state index in [9.17, 15) is 9.59 Å². The van der Waals surface area contributed by atoms with Gasteiger partial charge in [0.1, 0.15) is 6.04 Å². The van der Waals surface area contributed by atoms with Crippen LogP contribution in [0.4, 0.5) is 4.79 Å². The molecule has 1 atom stereocenters. The largest absolute Gasteiger partial charge is 0.464 e. The van der Waals surface area contributed by atoms with Gasteiger partial charge in [-0.05, 0) is 12.8 Å². The third kappa shape index (κ3) is 9.64. The Balaban J connectivity index is 3.81. The zero-order valence-corrected chi connectivity index (χ0v) is 13.1. The molecule has 1 N–H and O–H groups in total. The minimum Gasteiger partial charge on any atom is -0.464 e. The number of rotatable bonds is 11. The summed E-state index contributed by atoms with van der Waals surface area (Å²) in [6.07, 6.45) is 7.64. The van der Waals surface area contributed by atoms with Crippen molar-refractivity contribution in [2.45, 2.75) is 71.3 Å². The molecular formula is C15H29NO4. The third-order valence-electron chi connectivity index (χ3n) is 3.08. The van der Waals surface area contributed by atoms with Crippen LogP contribution in [0, 0.1) is 0 Å². The lowest BCUT2D eigenvalue weighted by molar-refractivity contribution is -0.146. The zero-order chi connectivity index (χ0) is 15.2. The first kappa shape index (κ1) is 18.7. The molecule has 0 aromatic heterocycles. The van der Waals surface area contributed by atoms with Crippen LogP contribution in [-0.2, 0) is 14.3 Å². The van der Waals surface area contributed by atoms with Gasteiger partial charge < -0.3 is 14.8 Å². The monoisotopic (exact) mass is 287 g/mol. The Kier molecular flexibility index (Phi) is 12.0. The Morgan fingerprint density at radius 1 is 1.00 bits per heavy atom. The molecule has 0 saturated heterocycles. The molecule has 0 heterocycles. The number of unbranched alkanes of at least 4 members (excludes halogenated alkanes) is 5. The van der Waals surface area contributed by atoms with E-state index in [0.717, 1.165) is 19.3 Å². The first-order chi connectivity index (χ1) is 9.65. The Labute approximate surface area is 122 Å². The Morgan fingerprint density at radius 3 is 2.25 bits per heavy atom. The lowest BCUT2D eigenvalue weighted by Gasteiger charge is -2.16. The number of nitrogens with one attached hydrogen (secondary N) is 1. The van der Waals surface area contributed by atoms with Crippen molar-refractivity contribution in [3.63, 3.8) is 0 Å². The summed E-state index contributed by atoms with van der Waals surface area (Å²) in [4.78, 5) is 23.0. The van der Waals surface area contributed by atoms with E-state index in [1.807, 2.05) is 6.92 Å². The molecule has 0 saturated carbocycles. The maximum absolute atomic E-state index is 11.8. The minimum atomic E-state index is -0.604. The van der Waals surface area contributed by atoms with Gasteiger partial charge in [0.25, 0.3) is 0 Å². The van der Waals surface area contributed by atoms with E-state index < -0.39 is 12.1 Å². The summed E-state index contributed by atoms with van der Waals surface area (Å²) >= 11 is 0. The van der Waals surface area contributed by atoms with E-state index in [0.29, 0.717) is 13.0 Å². The third-order valence-corrected chi connectivity index (χ3v) is 3.08. The van der Waals surface area contributed by atoms with Crippen LogP contribution in [0.15, 0.2) is 0 Å². The zero-order valence-electron chi connectivity index (χ0n) is 13.1. The van der Waals surface area contributed by atoms with E-state index in [1.54, 1.807) is 0 Å². The van der Waals surface area contributed by atoms with Gasteiger partial charge in [-0.15, -0.1) is 0 Å². The fraction of sp³-hybridized carbons (Fsp3) is 0.867. The summed E-state index contributed by atoms with van der Waals surface area (Å²) < 4.78 is 9.70. The van der Waals surface area contributed by atoms with Crippen molar-refractivity contribution >= 4 is 12.1 Å². The average Bonchev–Trinajstić information content (AvgIpc) is 2.45. The lowest BCUT2D eigenvalue weighted by Crippen LogP contribution is -2.41. The van der Waals surface area contributed by atoms with Crippen LogP contribution in [0.2, 0.25) is 0 Å². The van der Waals surface area contributed by atoms with Crippen LogP contribution >= 0.6 is 0 Å². The van der Waals surface area contributed by atoms with Crippen molar-refractivity contribution in [1.82, 2.24) is 5.32 Å². The van der Waals surface area contributed by atoms with E-state index in [-0.39, 0.29) is 5.97 Å². The van der Waals surface area contributed by atoms with Gasteiger partial charge in [-0.2, -0.15) is 0 Å². The molecule has 5 nitrogen and oxygen atoms in total. The summed E-state index contributed by atoms with van der Waals surface area (Å²) in [6.45, 7) is 4.56. The number of ether oxygens (including phenoxy) is 2. The first-order valence-corrected chi connectivity index (χ1v) is 7.66. The molecule has 0 spiro atoms. The summed E-state index contributed by atoms with van der Waals surface area (Å²) in [6, 6.07) is -0.604. The smallest absolute Gasteiger partial charge is 0.407 e. The van der Waals surface area contributed by atoms with Crippen molar-refractivity contribution in [1.29, 1.82) is 0 Å². The van der Waals surface area contributed by atoms with E-state index in [4.69, 9.17) is 4.74 Å². The van der Waals surface area contributed by atoms with Gasteiger partial charge in [0.05, 0.1) is 13.7 Å². The topological polar surface area (TPSA) is 64.6 Å². The number of carbonyl (C=O) groups is 2. The Bertz CT molecular complexity index is 269. The predicted molar refractivity (Wildman–Crippen MR) is 78.6 cm³/mol. The average molecular weight is 287 g/mol. The van der Waals surface area contributed by atoms with E-state index >= 15 is 0 Å². The molecule has 5 heteroatoms. The fourth-order valence-electron chi connectivity index (χ4n) is 1.89. The number of amides is 1. The van der Waals surface area contributed by atoms with Gasteiger partial charge in [-0.1, -0.05) is 52.4 Å². The summed E-state index contributed by atoms with van der Waals surface area (Å²) in [7, 11) is 1.28. The minimum absolute atomic E-state index is 0.370. The van der Waals surface area contributed by atoms with Crippen LogP contribution in [-0.4, -0.2) is 31.8 Å². The van der Waals surface area contributed by atoms with Crippen molar-refractivity contribution in [3.8, 4) is 0 Å². The molecule has 0 bridgehead atoms. The van der Waals surface area contributed by atoms with Gasteiger partial charge in [0.2, 0.25) is 0 Å². The molecule has 118 valence electrons. The molecular weight excluding hydrogens is 258 g/mol. The van der Waals surface area contributed by atoms with Crippen molar-refractivity contribution < 1.29 is 19.1 Å². The molecule has 0 rings (SSSR count). The van der Waals surface area contributed by atoms with E-state index in [2.05, 4.69) is 17.0 Å². The second-order valence-corrected chi connectivity index (χ2v) is 4.91. The van der Waals surface area contributed by atoms with Crippen molar-refractivity contribution in [3.05, 3.63) is 0 Å². The first-order valence-electron chi connectivity index (χ1n) is 7.66. The van der Waals surface area contributed by atoms with Crippen LogP contribution in [0.5, 0.6) is 0 Å². The molecule has 1 amide bonds. The molecule has 1 unspecified atom stereocenters. The van der Waals surface area contributed by atoms with Crippen LogP contribution in [0.1, 0.15) is 65.2 Å². The molecule has 0 aliphatic carbocycles. The molecule has 0 aromatic carbocycles. The lowest BCUT2D eigenvalue weighted by atomic mass is 10.1. The molecule has 0 fully saturated rings. The Hall–Kier alpha value is -1.26. The molecule has 0 aliphatic rings. The molecule has 0 aromatic rings. The number of hydrogen-bond acceptors (Lipinski definition) is 4. The number of hydrogen-bond donors (Lipinski definition) is 1. The van der Waals surface area contributed by atoms with Crippen LogP contribution in [0.3, 0.4) is 0 Å². The van der Waals surface area contributed by atoms with Gasteiger partial charge in [-0.3, -0.25) is 0 Å². The number of carbonyl (C=O) groups excluding carboxylic acids is 2. The maximum Gasteiger partial charge on any atom is 0.407 e. The second kappa shape index (κ2) is 12.8. The van der Waals surface area contributed by atoms with Gasteiger partial charge in [-0.25, -0.2) is 9.59 Å². The summed E-state index contributed by atoms with van der Waals surface area (Å²) in [5.74, 6) is -0.370.